The summed E-state index contributed by atoms with van der Waals surface area (Å²) >= 11 is 0. The second-order valence-corrected chi connectivity index (χ2v) is 8.27. The summed E-state index contributed by atoms with van der Waals surface area (Å²) in [5.74, 6) is 0.465. The van der Waals surface area contributed by atoms with E-state index in [-0.39, 0.29) is 6.04 Å². The molecule has 0 radical (unpaired) electrons. The first kappa shape index (κ1) is 18.7. The Morgan fingerprint density at radius 2 is 1.42 bits per heavy atom. The Labute approximate surface area is 146 Å². The van der Waals surface area contributed by atoms with Crippen molar-refractivity contribution in [1.82, 2.24) is 4.72 Å². The third-order valence-electron chi connectivity index (χ3n) is 4.21. The predicted octanol–water partition coefficient (Wildman–Crippen LogP) is 4.80. The van der Waals surface area contributed by atoms with E-state index in [0.29, 0.717) is 10.8 Å². The van der Waals surface area contributed by atoms with Crippen LogP contribution in [0.3, 0.4) is 0 Å². The van der Waals surface area contributed by atoms with Crippen LogP contribution in [0.1, 0.15) is 62.8 Å². The van der Waals surface area contributed by atoms with Crippen LogP contribution in [0.25, 0.3) is 0 Å². The molecule has 0 bridgehead atoms. The molecule has 1 unspecified atom stereocenters. The van der Waals surface area contributed by atoms with Gasteiger partial charge < -0.3 is 0 Å². The van der Waals surface area contributed by atoms with Crippen LogP contribution >= 0.6 is 0 Å². The van der Waals surface area contributed by atoms with Gasteiger partial charge in [-0.1, -0.05) is 63.6 Å². The van der Waals surface area contributed by atoms with Gasteiger partial charge in [0, 0.05) is 6.04 Å². The van der Waals surface area contributed by atoms with Crippen LogP contribution in [0.15, 0.2) is 53.4 Å². The number of hydrogen-bond acceptors (Lipinski definition) is 2. The zero-order valence-electron chi connectivity index (χ0n) is 14.9. The molecule has 0 amide bonds. The van der Waals surface area contributed by atoms with Gasteiger partial charge >= 0.3 is 0 Å². The lowest BCUT2D eigenvalue weighted by Crippen LogP contribution is -2.26. The molecule has 4 heteroatoms. The Morgan fingerprint density at radius 1 is 0.875 bits per heavy atom. The lowest BCUT2D eigenvalue weighted by Gasteiger charge is -2.16. The minimum atomic E-state index is -3.52. The van der Waals surface area contributed by atoms with E-state index >= 15 is 0 Å². The Bertz CT molecular complexity index is 747. The summed E-state index contributed by atoms with van der Waals surface area (Å²) in [7, 11) is -3.52. The van der Waals surface area contributed by atoms with E-state index in [2.05, 4.69) is 37.6 Å². The molecule has 0 heterocycles. The fraction of sp³-hybridized carbons (Fsp3) is 0.400. The van der Waals surface area contributed by atoms with Gasteiger partial charge in [-0.3, -0.25) is 0 Å². The van der Waals surface area contributed by atoms with E-state index < -0.39 is 10.0 Å². The Morgan fingerprint density at radius 3 is 1.92 bits per heavy atom. The molecular formula is C20H27NO2S. The highest BCUT2D eigenvalue weighted by Gasteiger charge is 2.18. The van der Waals surface area contributed by atoms with E-state index in [9.17, 15) is 8.42 Å². The van der Waals surface area contributed by atoms with Crippen LogP contribution in [-0.4, -0.2) is 8.42 Å². The van der Waals surface area contributed by atoms with Crippen molar-refractivity contribution in [1.29, 1.82) is 0 Å². The second-order valence-electron chi connectivity index (χ2n) is 6.56. The van der Waals surface area contributed by atoms with Gasteiger partial charge in [0.25, 0.3) is 0 Å². The van der Waals surface area contributed by atoms with Crippen LogP contribution in [0.5, 0.6) is 0 Å². The number of hydrogen-bond donors (Lipinski definition) is 1. The van der Waals surface area contributed by atoms with Gasteiger partial charge in [-0.25, -0.2) is 13.1 Å². The van der Waals surface area contributed by atoms with E-state index in [1.54, 1.807) is 12.1 Å². The molecule has 0 aromatic heterocycles. The average molecular weight is 346 g/mol. The molecule has 0 spiro atoms. The standard InChI is InChI=1S/C20H27NO2S/c1-5-6-17-7-13-20(14-8-17)24(22,23)21-16(4)19-11-9-18(10-12-19)15(2)3/h7-16,21H,5-6H2,1-4H3. The molecule has 2 rings (SSSR count). The zero-order chi connectivity index (χ0) is 17.7. The van der Waals surface area contributed by atoms with Crippen molar-refractivity contribution >= 4 is 10.0 Å². The third-order valence-corrected chi connectivity index (χ3v) is 5.76. The lowest BCUT2D eigenvalue weighted by molar-refractivity contribution is 0.567. The van der Waals surface area contributed by atoms with Crippen molar-refractivity contribution in [2.45, 2.75) is 57.4 Å². The maximum atomic E-state index is 12.5. The number of aryl methyl sites for hydroxylation is 1. The van der Waals surface area contributed by atoms with Crippen LogP contribution < -0.4 is 4.72 Å². The first-order valence-corrected chi connectivity index (χ1v) is 10.0. The smallest absolute Gasteiger partial charge is 0.207 e. The van der Waals surface area contributed by atoms with Crippen LogP contribution in [0.4, 0.5) is 0 Å². The second kappa shape index (κ2) is 7.95. The molecule has 3 nitrogen and oxygen atoms in total. The highest BCUT2D eigenvalue weighted by Crippen LogP contribution is 2.21. The van der Waals surface area contributed by atoms with Crippen molar-refractivity contribution in [2.75, 3.05) is 0 Å². The Kier molecular flexibility index (Phi) is 6.19. The minimum Gasteiger partial charge on any atom is -0.207 e. The SMILES string of the molecule is CCCc1ccc(S(=O)(=O)NC(C)c2ccc(C(C)C)cc2)cc1. The van der Waals surface area contributed by atoms with E-state index in [0.717, 1.165) is 24.0 Å². The molecule has 0 fully saturated rings. The number of benzene rings is 2. The van der Waals surface area contributed by atoms with Gasteiger partial charge in [-0.05, 0) is 48.1 Å². The predicted molar refractivity (Wildman–Crippen MR) is 99.7 cm³/mol. The molecule has 2 aromatic carbocycles. The summed E-state index contributed by atoms with van der Waals surface area (Å²) < 4.78 is 27.9. The molecule has 1 N–H and O–H groups in total. The third kappa shape index (κ3) is 4.68. The van der Waals surface area contributed by atoms with E-state index in [1.165, 1.54) is 5.56 Å². The molecule has 0 saturated heterocycles. The minimum absolute atomic E-state index is 0.272. The summed E-state index contributed by atoms with van der Waals surface area (Å²) in [6.07, 6.45) is 2.01. The van der Waals surface area contributed by atoms with Gasteiger partial charge in [0.1, 0.15) is 0 Å². The number of rotatable bonds is 7. The first-order valence-electron chi connectivity index (χ1n) is 8.54. The van der Waals surface area contributed by atoms with Crippen LogP contribution in [0, 0.1) is 0 Å². The highest BCUT2D eigenvalue weighted by molar-refractivity contribution is 7.89. The summed E-state index contributed by atoms with van der Waals surface area (Å²) in [5, 5.41) is 0. The first-order chi connectivity index (χ1) is 11.3. The molecule has 0 saturated carbocycles. The van der Waals surface area contributed by atoms with Gasteiger partial charge in [0.2, 0.25) is 10.0 Å². The molecule has 0 aliphatic heterocycles. The molecule has 1 atom stereocenters. The van der Waals surface area contributed by atoms with Crippen molar-refractivity contribution in [3.8, 4) is 0 Å². The monoisotopic (exact) mass is 345 g/mol. The van der Waals surface area contributed by atoms with Crippen LogP contribution in [0.2, 0.25) is 0 Å². The molecule has 130 valence electrons. The topological polar surface area (TPSA) is 46.2 Å². The van der Waals surface area contributed by atoms with E-state index in [1.807, 2.05) is 31.2 Å². The normalized spacial score (nSPS) is 13.2. The van der Waals surface area contributed by atoms with E-state index in [4.69, 9.17) is 0 Å². The lowest BCUT2D eigenvalue weighted by atomic mass is 10.00. The quantitative estimate of drug-likeness (QED) is 0.783. The molecule has 24 heavy (non-hydrogen) atoms. The van der Waals surface area contributed by atoms with Gasteiger partial charge in [-0.2, -0.15) is 0 Å². The van der Waals surface area contributed by atoms with Gasteiger partial charge in [-0.15, -0.1) is 0 Å². The summed E-state index contributed by atoms with van der Waals surface area (Å²) in [5.41, 5.74) is 3.37. The van der Waals surface area contributed by atoms with Gasteiger partial charge in [0.15, 0.2) is 0 Å². The Balaban J connectivity index is 2.12. The molecular weight excluding hydrogens is 318 g/mol. The van der Waals surface area contributed by atoms with Crippen molar-refractivity contribution in [3.05, 3.63) is 65.2 Å². The fourth-order valence-corrected chi connectivity index (χ4v) is 3.89. The molecule has 2 aromatic rings. The number of sulfonamides is 1. The largest absolute Gasteiger partial charge is 0.241 e. The van der Waals surface area contributed by atoms with Crippen LogP contribution in [-0.2, 0) is 16.4 Å². The molecule has 0 aliphatic rings. The number of nitrogens with one attached hydrogen (secondary N) is 1. The van der Waals surface area contributed by atoms with Gasteiger partial charge in [0.05, 0.1) is 4.90 Å². The summed E-state index contributed by atoms with van der Waals surface area (Å²) in [4.78, 5) is 0.313. The zero-order valence-corrected chi connectivity index (χ0v) is 15.7. The molecule has 0 aliphatic carbocycles. The highest BCUT2D eigenvalue weighted by atomic mass is 32.2. The van der Waals surface area contributed by atoms with Crippen molar-refractivity contribution < 1.29 is 8.42 Å². The van der Waals surface area contributed by atoms with Crippen molar-refractivity contribution in [3.63, 3.8) is 0 Å². The average Bonchev–Trinajstić information content (AvgIpc) is 2.55. The fourth-order valence-electron chi connectivity index (χ4n) is 2.66. The maximum Gasteiger partial charge on any atom is 0.241 e. The maximum absolute atomic E-state index is 12.5. The Hall–Kier alpha value is -1.65. The van der Waals surface area contributed by atoms with Crippen molar-refractivity contribution in [2.24, 2.45) is 0 Å². The summed E-state index contributed by atoms with van der Waals surface area (Å²) in [6, 6.07) is 15.0. The summed E-state index contributed by atoms with van der Waals surface area (Å²) in [6.45, 7) is 8.26.